The van der Waals surface area contributed by atoms with E-state index in [1.165, 1.54) is 10.7 Å². The number of rotatable bonds is 3. The summed E-state index contributed by atoms with van der Waals surface area (Å²) in [4.78, 5) is 11.1. The molecule has 1 aromatic carbocycles. The van der Waals surface area contributed by atoms with Crippen molar-refractivity contribution in [1.29, 1.82) is 0 Å². The van der Waals surface area contributed by atoms with E-state index < -0.39 is 17.7 Å². The van der Waals surface area contributed by atoms with E-state index in [0.29, 0.717) is 12.5 Å². The highest BCUT2D eigenvalue weighted by atomic mass is 19.4. The summed E-state index contributed by atoms with van der Waals surface area (Å²) < 4.78 is 39.6. The van der Waals surface area contributed by atoms with Gasteiger partial charge >= 0.3 is 12.1 Å². The van der Waals surface area contributed by atoms with E-state index >= 15 is 0 Å². The zero-order valence-corrected chi connectivity index (χ0v) is 10.3. The molecular weight excluding hydrogens is 273 g/mol. The Hall–Kier alpha value is -2.05. The Morgan fingerprint density at radius 1 is 1.40 bits per heavy atom. The molecule has 1 N–H and O–H groups in total. The number of aromatic nitrogens is 2. The minimum absolute atomic E-state index is 0.200. The Bertz CT molecular complexity index is 687. The van der Waals surface area contributed by atoms with Gasteiger partial charge in [-0.05, 0) is 37.0 Å². The van der Waals surface area contributed by atoms with Crippen molar-refractivity contribution < 1.29 is 23.1 Å². The highest BCUT2D eigenvalue weighted by Gasteiger charge is 2.32. The summed E-state index contributed by atoms with van der Waals surface area (Å²) in [6.45, 7) is 0.463. The third kappa shape index (κ3) is 2.23. The standard InChI is InChI=1S/C13H11F3N2O2/c14-13(15,16)8-3-4-9-10(5-8)18(6-7-1-2-7)17-11(9)12(19)20/h3-5,7H,1-2,6H2,(H,19,20). The number of benzene rings is 1. The van der Waals surface area contributed by atoms with E-state index in [2.05, 4.69) is 5.10 Å². The van der Waals surface area contributed by atoms with Gasteiger partial charge in [0.1, 0.15) is 0 Å². The zero-order chi connectivity index (χ0) is 14.5. The molecule has 106 valence electrons. The second-order valence-electron chi connectivity index (χ2n) is 5.01. The van der Waals surface area contributed by atoms with E-state index in [4.69, 9.17) is 5.11 Å². The molecule has 0 bridgehead atoms. The van der Waals surface area contributed by atoms with Gasteiger partial charge in [0.2, 0.25) is 0 Å². The van der Waals surface area contributed by atoms with E-state index in [9.17, 15) is 18.0 Å². The largest absolute Gasteiger partial charge is 0.476 e. The van der Waals surface area contributed by atoms with Crippen LogP contribution in [-0.4, -0.2) is 20.9 Å². The molecule has 1 heterocycles. The van der Waals surface area contributed by atoms with Crippen LogP contribution in [-0.2, 0) is 12.7 Å². The summed E-state index contributed by atoms with van der Waals surface area (Å²) >= 11 is 0. The van der Waals surface area contributed by atoms with Crippen molar-refractivity contribution in [2.75, 3.05) is 0 Å². The highest BCUT2D eigenvalue weighted by Crippen LogP contribution is 2.35. The number of carbonyl (C=O) groups is 1. The number of carboxylic acids is 1. The van der Waals surface area contributed by atoms with Gasteiger partial charge in [-0.1, -0.05) is 0 Å². The SMILES string of the molecule is O=C(O)c1nn(CC2CC2)c2cc(C(F)(F)F)ccc12. The van der Waals surface area contributed by atoms with Crippen molar-refractivity contribution in [2.45, 2.75) is 25.6 Å². The predicted molar refractivity (Wildman–Crippen MR) is 64.4 cm³/mol. The van der Waals surface area contributed by atoms with E-state index in [-0.39, 0.29) is 16.6 Å². The smallest absolute Gasteiger partial charge is 0.416 e. The first-order chi connectivity index (χ1) is 9.36. The summed E-state index contributed by atoms with van der Waals surface area (Å²) in [5, 5.41) is 13.3. The van der Waals surface area contributed by atoms with Crippen LogP contribution in [0, 0.1) is 5.92 Å². The molecule has 20 heavy (non-hydrogen) atoms. The molecule has 1 saturated carbocycles. The normalized spacial score (nSPS) is 15.8. The van der Waals surface area contributed by atoms with Gasteiger partial charge in [0.15, 0.2) is 5.69 Å². The zero-order valence-electron chi connectivity index (χ0n) is 10.3. The number of hydrogen-bond donors (Lipinski definition) is 1. The minimum Gasteiger partial charge on any atom is -0.476 e. The molecule has 1 aliphatic carbocycles. The fourth-order valence-corrected chi connectivity index (χ4v) is 2.19. The molecule has 1 fully saturated rings. The number of aromatic carboxylic acids is 1. The molecule has 0 amide bonds. The Morgan fingerprint density at radius 3 is 2.65 bits per heavy atom. The van der Waals surface area contributed by atoms with Gasteiger partial charge in [0, 0.05) is 11.9 Å². The third-order valence-electron chi connectivity index (χ3n) is 3.41. The summed E-state index contributed by atoms with van der Waals surface area (Å²) in [5.41, 5.74) is -0.766. The van der Waals surface area contributed by atoms with Crippen molar-refractivity contribution in [3.63, 3.8) is 0 Å². The molecule has 0 aliphatic heterocycles. The number of carboxylic acid groups (broad SMARTS) is 1. The lowest BCUT2D eigenvalue weighted by Gasteiger charge is -2.07. The molecule has 3 rings (SSSR count). The predicted octanol–water partition coefficient (Wildman–Crippen LogP) is 3.16. The van der Waals surface area contributed by atoms with Crippen molar-refractivity contribution in [2.24, 2.45) is 5.92 Å². The Labute approximate surface area is 111 Å². The lowest BCUT2D eigenvalue weighted by Crippen LogP contribution is -2.06. The summed E-state index contributed by atoms with van der Waals surface area (Å²) in [6.07, 6.45) is -2.45. The van der Waals surface area contributed by atoms with Gasteiger partial charge in [-0.25, -0.2) is 4.79 Å². The number of fused-ring (bicyclic) bond motifs is 1. The lowest BCUT2D eigenvalue weighted by atomic mass is 10.1. The van der Waals surface area contributed by atoms with Gasteiger partial charge in [-0.15, -0.1) is 0 Å². The molecule has 2 aromatic rings. The number of alkyl halides is 3. The molecule has 0 radical (unpaired) electrons. The van der Waals surface area contributed by atoms with Crippen LogP contribution >= 0.6 is 0 Å². The van der Waals surface area contributed by atoms with Crippen LogP contribution < -0.4 is 0 Å². The molecule has 0 spiro atoms. The second-order valence-corrected chi connectivity index (χ2v) is 5.01. The van der Waals surface area contributed by atoms with E-state index in [0.717, 1.165) is 25.0 Å². The highest BCUT2D eigenvalue weighted by molar-refractivity contribution is 6.01. The Balaban J connectivity index is 2.17. The van der Waals surface area contributed by atoms with Crippen molar-refractivity contribution in [3.05, 3.63) is 29.5 Å². The average Bonchev–Trinajstić information content (AvgIpc) is 3.09. The van der Waals surface area contributed by atoms with Crippen LogP contribution in [0.2, 0.25) is 0 Å². The molecule has 7 heteroatoms. The van der Waals surface area contributed by atoms with Gasteiger partial charge in [0.05, 0.1) is 11.1 Å². The van der Waals surface area contributed by atoms with Gasteiger partial charge in [0.25, 0.3) is 0 Å². The van der Waals surface area contributed by atoms with Crippen molar-refractivity contribution >= 4 is 16.9 Å². The van der Waals surface area contributed by atoms with Crippen LogP contribution in [0.15, 0.2) is 18.2 Å². The maximum Gasteiger partial charge on any atom is 0.416 e. The Morgan fingerprint density at radius 2 is 2.10 bits per heavy atom. The van der Waals surface area contributed by atoms with E-state index in [1.54, 1.807) is 0 Å². The van der Waals surface area contributed by atoms with Crippen LogP contribution in [0.25, 0.3) is 10.9 Å². The molecule has 0 atom stereocenters. The van der Waals surface area contributed by atoms with Crippen LogP contribution in [0.1, 0.15) is 28.9 Å². The fourth-order valence-electron chi connectivity index (χ4n) is 2.19. The minimum atomic E-state index is -4.45. The lowest BCUT2D eigenvalue weighted by molar-refractivity contribution is -0.137. The number of hydrogen-bond acceptors (Lipinski definition) is 2. The molecule has 1 aliphatic rings. The quantitative estimate of drug-likeness (QED) is 0.941. The molecule has 0 unspecified atom stereocenters. The summed E-state index contributed by atoms with van der Waals surface area (Å²) in [6, 6.07) is 3.03. The summed E-state index contributed by atoms with van der Waals surface area (Å²) in [5.74, 6) is -0.849. The van der Waals surface area contributed by atoms with E-state index in [1.807, 2.05) is 0 Å². The van der Waals surface area contributed by atoms with Gasteiger partial charge in [-0.3, -0.25) is 4.68 Å². The first-order valence-corrected chi connectivity index (χ1v) is 6.17. The molecule has 4 nitrogen and oxygen atoms in total. The van der Waals surface area contributed by atoms with Crippen LogP contribution in [0.4, 0.5) is 13.2 Å². The number of halogens is 3. The molecule has 1 aromatic heterocycles. The number of nitrogens with zero attached hydrogens (tertiary/aromatic N) is 2. The van der Waals surface area contributed by atoms with Crippen LogP contribution in [0.3, 0.4) is 0 Å². The Kier molecular flexibility index (Phi) is 2.74. The van der Waals surface area contributed by atoms with Gasteiger partial charge < -0.3 is 5.11 Å². The molecule has 0 saturated heterocycles. The van der Waals surface area contributed by atoms with Crippen molar-refractivity contribution in [1.82, 2.24) is 9.78 Å². The first-order valence-electron chi connectivity index (χ1n) is 6.17. The summed E-state index contributed by atoms with van der Waals surface area (Å²) in [7, 11) is 0. The topological polar surface area (TPSA) is 55.1 Å². The first kappa shape index (κ1) is 13.0. The van der Waals surface area contributed by atoms with Gasteiger partial charge in [-0.2, -0.15) is 18.3 Å². The monoisotopic (exact) mass is 284 g/mol. The fraction of sp³-hybridized carbons (Fsp3) is 0.385. The maximum atomic E-state index is 12.7. The molecular formula is C13H11F3N2O2. The average molecular weight is 284 g/mol. The third-order valence-corrected chi connectivity index (χ3v) is 3.41. The van der Waals surface area contributed by atoms with Crippen molar-refractivity contribution in [3.8, 4) is 0 Å². The van der Waals surface area contributed by atoms with Crippen LogP contribution in [0.5, 0.6) is 0 Å². The maximum absolute atomic E-state index is 12.7. The second kappa shape index (κ2) is 4.22.